The van der Waals surface area contributed by atoms with Crippen molar-refractivity contribution >= 4 is 23.6 Å². The number of rotatable bonds is 4. The zero-order valence-corrected chi connectivity index (χ0v) is 12.6. The maximum Gasteiger partial charge on any atom is 0.327 e. The Bertz CT molecular complexity index is 562. The van der Waals surface area contributed by atoms with Crippen molar-refractivity contribution in [3.8, 4) is 11.5 Å². The molecular formula is C14H17NO5S. The Morgan fingerprint density at radius 1 is 1.48 bits per heavy atom. The number of hydrogen-bond donors (Lipinski definition) is 2. The quantitative estimate of drug-likeness (QED) is 0.882. The number of phenols is 1. The number of benzene rings is 1. The molecule has 6 nitrogen and oxygen atoms in total. The SMILES string of the molecule is CCOc1cccc([C@@H]2SC[C@@H](C(=O)O)N2C(C)=O)c1O. The lowest BCUT2D eigenvalue weighted by molar-refractivity contribution is -0.148. The van der Waals surface area contributed by atoms with Gasteiger partial charge >= 0.3 is 5.97 Å². The summed E-state index contributed by atoms with van der Waals surface area (Å²) < 4.78 is 5.33. The second-order valence-electron chi connectivity index (χ2n) is 4.59. The number of hydrogen-bond acceptors (Lipinski definition) is 5. The number of phenolic OH excluding ortho intramolecular Hbond substituents is 1. The van der Waals surface area contributed by atoms with Gasteiger partial charge in [-0.05, 0) is 13.0 Å². The number of aliphatic carboxylic acids is 1. The molecule has 0 aliphatic carbocycles. The second kappa shape index (κ2) is 6.26. The normalized spacial score (nSPS) is 21.3. The number of carbonyl (C=O) groups excluding carboxylic acids is 1. The first kappa shape index (κ1) is 15.5. The van der Waals surface area contributed by atoms with Crippen molar-refractivity contribution in [2.24, 2.45) is 0 Å². The van der Waals surface area contributed by atoms with E-state index < -0.39 is 17.4 Å². The highest BCUT2D eigenvalue weighted by Crippen LogP contribution is 2.46. The van der Waals surface area contributed by atoms with Gasteiger partial charge in [0.25, 0.3) is 0 Å². The summed E-state index contributed by atoms with van der Waals surface area (Å²) in [5, 5.41) is 19.0. The molecule has 1 fully saturated rings. The Kier molecular flexibility index (Phi) is 4.62. The number of thioether (sulfide) groups is 1. The molecule has 1 heterocycles. The van der Waals surface area contributed by atoms with Gasteiger partial charge in [0.1, 0.15) is 11.4 Å². The fourth-order valence-electron chi connectivity index (χ4n) is 2.33. The molecule has 1 aliphatic rings. The molecule has 0 radical (unpaired) electrons. The van der Waals surface area contributed by atoms with Gasteiger partial charge in [-0.15, -0.1) is 11.8 Å². The van der Waals surface area contributed by atoms with Gasteiger partial charge in [-0.25, -0.2) is 4.79 Å². The number of amides is 1. The molecule has 1 amide bonds. The number of aromatic hydroxyl groups is 1. The molecule has 1 aromatic rings. The monoisotopic (exact) mass is 311 g/mol. The number of nitrogens with zero attached hydrogens (tertiary/aromatic N) is 1. The number of ether oxygens (including phenoxy) is 1. The van der Waals surface area contributed by atoms with E-state index in [9.17, 15) is 19.8 Å². The van der Waals surface area contributed by atoms with Crippen LogP contribution in [0.2, 0.25) is 0 Å². The van der Waals surface area contributed by atoms with Crippen LogP contribution in [0, 0.1) is 0 Å². The van der Waals surface area contributed by atoms with Crippen LogP contribution in [0.1, 0.15) is 24.8 Å². The van der Waals surface area contributed by atoms with Crippen LogP contribution in [0.5, 0.6) is 11.5 Å². The molecule has 0 unspecified atom stereocenters. The van der Waals surface area contributed by atoms with Gasteiger partial charge in [0.05, 0.1) is 6.61 Å². The van der Waals surface area contributed by atoms with Crippen LogP contribution in [-0.4, -0.2) is 45.4 Å². The highest BCUT2D eigenvalue weighted by Gasteiger charge is 2.42. The molecule has 0 aromatic heterocycles. The minimum Gasteiger partial charge on any atom is -0.504 e. The summed E-state index contributed by atoms with van der Waals surface area (Å²) in [4.78, 5) is 24.3. The third kappa shape index (κ3) is 2.92. The Hall–Kier alpha value is -1.89. The topological polar surface area (TPSA) is 87.1 Å². The predicted octanol–water partition coefficient (Wildman–Crippen LogP) is 1.84. The van der Waals surface area contributed by atoms with Gasteiger partial charge in [0.2, 0.25) is 5.91 Å². The van der Waals surface area contributed by atoms with Crippen molar-refractivity contribution in [3.05, 3.63) is 23.8 Å². The first-order valence-electron chi connectivity index (χ1n) is 6.55. The van der Waals surface area contributed by atoms with E-state index in [1.165, 1.54) is 23.6 Å². The molecule has 0 bridgehead atoms. The predicted molar refractivity (Wildman–Crippen MR) is 78.4 cm³/mol. The lowest BCUT2D eigenvalue weighted by Gasteiger charge is -2.27. The summed E-state index contributed by atoms with van der Waals surface area (Å²) in [6.07, 6.45) is 0. The van der Waals surface area contributed by atoms with Crippen molar-refractivity contribution in [2.45, 2.75) is 25.3 Å². The first-order chi connectivity index (χ1) is 9.97. The van der Waals surface area contributed by atoms with Crippen LogP contribution in [-0.2, 0) is 9.59 Å². The zero-order valence-electron chi connectivity index (χ0n) is 11.8. The van der Waals surface area contributed by atoms with Gasteiger partial charge in [-0.1, -0.05) is 12.1 Å². The maximum atomic E-state index is 11.8. The molecule has 2 rings (SSSR count). The number of carboxylic acids is 1. The molecule has 114 valence electrons. The standard InChI is InChI=1S/C14H17NO5S/c1-3-20-11-6-4-5-9(12(11)17)13-15(8(2)16)10(7-21-13)14(18)19/h4-6,10,13,17H,3,7H2,1-2H3,(H,18,19)/t10-,13-/m0/s1. The van der Waals surface area contributed by atoms with Crippen LogP contribution < -0.4 is 4.74 Å². The van der Waals surface area contributed by atoms with E-state index in [1.807, 2.05) is 0 Å². The summed E-state index contributed by atoms with van der Waals surface area (Å²) in [6.45, 7) is 3.54. The van der Waals surface area contributed by atoms with Crippen molar-refractivity contribution in [2.75, 3.05) is 12.4 Å². The Morgan fingerprint density at radius 2 is 2.19 bits per heavy atom. The van der Waals surface area contributed by atoms with Crippen LogP contribution in [0.3, 0.4) is 0 Å². The Labute approximate surface area is 126 Å². The molecule has 0 saturated carbocycles. The molecule has 2 N–H and O–H groups in total. The van der Waals surface area contributed by atoms with Crippen molar-refractivity contribution in [1.82, 2.24) is 4.90 Å². The highest BCUT2D eigenvalue weighted by atomic mass is 32.2. The van der Waals surface area contributed by atoms with Gasteiger partial charge in [0.15, 0.2) is 11.5 Å². The molecule has 7 heteroatoms. The van der Waals surface area contributed by atoms with Gasteiger partial charge in [-0.2, -0.15) is 0 Å². The Morgan fingerprint density at radius 3 is 2.76 bits per heavy atom. The highest BCUT2D eigenvalue weighted by molar-refractivity contribution is 7.99. The number of carboxylic acid groups (broad SMARTS) is 1. The van der Waals surface area contributed by atoms with E-state index in [0.29, 0.717) is 17.9 Å². The van der Waals surface area contributed by atoms with Crippen LogP contribution >= 0.6 is 11.8 Å². The largest absolute Gasteiger partial charge is 0.504 e. The summed E-state index contributed by atoms with van der Waals surface area (Å²) in [5.74, 6) is -0.802. The molecular weight excluding hydrogens is 294 g/mol. The number of carbonyl (C=O) groups is 2. The van der Waals surface area contributed by atoms with Crippen molar-refractivity contribution in [1.29, 1.82) is 0 Å². The van der Waals surface area contributed by atoms with Crippen LogP contribution in [0.15, 0.2) is 18.2 Å². The van der Waals surface area contributed by atoms with Crippen LogP contribution in [0.4, 0.5) is 0 Å². The molecule has 1 saturated heterocycles. The fraction of sp³-hybridized carbons (Fsp3) is 0.429. The average molecular weight is 311 g/mol. The first-order valence-corrected chi connectivity index (χ1v) is 7.60. The van der Waals surface area contributed by atoms with E-state index in [0.717, 1.165) is 0 Å². The summed E-state index contributed by atoms with van der Waals surface area (Å²) in [5.41, 5.74) is 0.491. The lowest BCUT2D eigenvalue weighted by Crippen LogP contribution is -2.41. The number of para-hydroxylation sites is 1. The maximum absolute atomic E-state index is 11.8. The third-order valence-corrected chi connectivity index (χ3v) is 4.55. The third-order valence-electron chi connectivity index (χ3n) is 3.25. The summed E-state index contributed by atoms with van der Waals surface area (Å²) in [7, 11) is 0. The average Bonchev–Trinajstić information content (AvgIpc) is 2.86. The van der Waals surface area contributed by atoms with E-state index >= 15 is 0 Å². The fourth-order valence-corrected chi connectivity index (χ4v) is 3.82. The van der Waals surface area contributed by atoms with Gasteiger partial charge < -0.3 is 19.8 Å². The Balaban J connectivity index is 2.39. The minimum atomic E-state index is -1.04. The van der Waals surface area contributed by atoms with Crippen molar-refractivity contribution < 1.29 is 24.5 Å². The zero-order chi connectivity index (χ0) is 15.6. The molecule has 0 spiro atoms. The van der Waals surface area contributed by atoms with E-state index in [4.69, 9.17) is 4.74 Å². The summed E-state index contributed by atoms with van der Waals surface area (Å²) >= 11 is 1.32. The molecule has 1 aromatic carbocycles. The van der Waals surface area contributed by atoms with Gasteiger partial charge in [0, 0.05) is 18.2 Å². The molecule has 21 heavy (non-hydrogen) atoms. The van der Waals surface area contributed by atoms with E-state index in [-0.39, 0.29) is 17.4 Å². The second-order valence-corrected chi connectivity index (χ2v) is 5.71. The van der Waals surface area contributed by atoms with Crippen LogP contribution in [0.25, 0.3) is 0 Å². The lowest BCUT2D eigenvalue weighted by atomic mass is 10.1. The van der Waals surface area contributed by atoms with Gasteiger partial charge in [-0.3, -0.25) is 4.79 Å². The van der Waals surface area contributed by atoms with Crippen molar-refractivity contribution in [3.63, 3.8) is 0 Å². The van der Waals surface area contributed by atoms with E-state index in [2.05, 4.69) is 0 Å². The summed E-state index contributed by atoms with van der Waals surface area (Å²) in [6, 6.07) is 4.14. The molecule has 2 atom stereocenters. The van der Waals surface area contributed by atoms with E-state index in [1.54, 1.807) is 25.1 Å². The molecule has 1 aliphatic heterocycles. The smallest absolute Gasteiger partial charge is 0.327 e. The minimum absolute atomic E-state index is 0.0471.